The predicted molar refractivity (Wildman–Crippen MR) is 77.3 cm³/mol. The van der Waals surface area contributed by atoms with Crippen LogP contribution < -0.4 is 5.32 Å². The highest BCUT2D eigenvalue weighted by Crippen LogP contribution is 2.42. The number of hydrogen-bond acceptors (Lipinski definition) is 2. The summed E-state index contributed by atoms with van der Waals surface area (Å²) in [5, 5.41) is 11.5. The maximum atomic E-state index is 12.1. The Bertz CT molecular complexity index is 343. The van der Waals surface area contributed by atoms with Gasteiger partial charge in [0.1, 0.15) is 0 Å². The number of carbonyl (C=O) groups is 2. The van der Waals surface area contributed by atoms with Gasteiger partial charge in [-0.2, -0.15) is 0 Å². The van der Waals surface area contributed by atoms with Gasteiger partial charge in [0.05, 0.1) is 0 Å². The molecule has 0 aromatic heterocycles. The smallest absolute Gasteiger partial charge is 0.303 e. The van der Waals surface area contributed by atoms with Crippen LogP contribution in [-0.4, -0.2) is 23.5 Å². The largest absolute Gasteiger partial charge is 0.481 e. The molecule has 4 nitrogen and oxygen atoms in total. The number of amides is 1. The molecule has 2 fully saturated rings. The van der Waals surface area contributed by atoms with Crippen LogP contribution in [0.3, 0.4) is 0 Å². The summed E-state index contributed by atoms with van der Waals surface area (Å²) < 4.78 is 0. The van der Waals surface area contributed by atoms with Crippen LogP contribution >= 0.6 is 0 Å². The monoisotopic (exact) mass is 281 g/mol. The van der Waals surface area contributed by atoms with Gasteiger partial charge in [-0.1, -0.05) is 25.7 Å². The van der Waals surface area contributed by atoms with E-state index in [0.717, 1.165) is 31.1 Å². The predicted octanol–water partition coefficient (Wildman–Crippen LogP) is 2.96. The van der Waals surface area contributed by atoms with Crippen molar-refractivity contribution in [3.63, 3.8) is 0 Å². The van der Waals surface area contributed by atoms with Crippen LogP contribution in [0.25, 0.3) is 0 Å². The van der Waals surface area contributed by atoms with Gasteiger partial charge in [0, 0.05) is 18.9 Å². The molecule has 0 aliphatic heterocycles. The highest BCUT2D eigenvalue weighted by molar-refractivity contribution is 5.78. The average molecular weight is 281 g/mol. The van der Waals surface area contributed by atoms with E-state index in [1.54, 1.807) is 0 Å². The minimum atomic E-state index is -0.757. The molecule has 2 aliphatic rings. The van der Waals surface area contributed by atoms with Gasteiger partial charge in [-0.3, -0.25) is 9.59 Å². The molecule has 0 radical (unpaired) electrons. The molecule has 4 heteroatoms. The number of hydrogen-bond donors (Lipinski definition) is 2. The van der Waals surface area contributed by atoms with E-state index in [9.17, 15) is 9.59 Å². The lowest BCUT2D eigenvalue weighted by Crippen LogP contribution is -2.37. The highest BCUT2D eigenvalue weighted by atomic mass is 16.4. The van der Waals surface area contributed by atoms with E-state index in [1.165, 1.54) is 32.1 Å². The van der Waals surface area contributed by atoms with Crippen molar-refractivity contribution in [2.45, 2.75) is 64.2 Å². The molecular weight excluding hydrogens is 254 g/mol. The molecular formula is C16H27NO3. The second kappa shape index (κ2) is 7.65. The zero-order valence-corrected chi connectivity index (χ0v) is 12.3. The van der Waals surface area contributed by atoms with Crippen LogP contribution in [0.1, 0.15) is 64.2 Å². The lowest BCUT2D eigenvalue weighted by molar-refractivity contribution is -0.137. The van der Waals surface area contributed by atoms with Crippen molar-refractivity contribution in [3.05, 3.63) is 0 Å². The molecule has 114 valence electrons. The van der Waals surface area contributed by atoms with Crippen molar-refractivity contribution in [1.82, 2.24) is 5.32 Å². The Balaban J connectivity index is 1.64. The molecule has 0 spiro atoms. The van der Waals surface area contributed by atoms with E-state index < -0.39 is 5.97 Å². The van der Waals surface area contributed by atoms with Crippen LogP contribution in [0.15, 0.2) is 0 Å². The van der Waals surface area contributed by atoms with E-state index in [2.05, 4.69) is 5.32 Å². The molecule has 3 atom stereocenters. The summed E-state index contributed by atoms with van der Waals surface area (Å²) in [6.45, 7) is 0.622. The van der Waals surface area contributed by atoms with Gasteiger partial charge in [0.25, 0.3) is 0 Å². The highest BCUT2D eigenvalue weighted by Gasteiger charge is 2.34. The van der Waals surface area contributed by atoms with Gasteiger partial charge in [0.2, 0.25) is 5.91 Å². The molecule has 2 aliphatic carbocycles. The van der Waals surface area contributed by atoms with E-state index in [4.69, 9.17) is 5.11 Å². The minimum Gasteiger partial charge on any atom is -0.481 e. The van der Waals surface area contributed by atoms with Crippen LogP contribution in [0, 0.1) is 17.8 Å². The first-order valence-corrected chi connectivity index (χ1v) is 8.16. The molecule has 3 unspecified atom stereocenters. The number of rotatable bonds is 6. The van der Waals surface area contributed by atoms with Crippen LogP contribution in [0.4, 0.5) is 0 Å². The molecule has 20 heavy (non-hydrogen) atoms. The molecule has 1 amide bonds. The van der Waals surface area contributed by atoms with E-state index in [1.807, 2.05) is 0 Å². The number of carboxylic acids is 1. The van der Waals surface area contributed by atoms with Gasteiger partial charge in [-0.05, 0) is 43.9 Å². The fraction of sp³-hybridized carbons (Fsp3) is 0.875. The number of fused-ring (bicyclic) bond motifs is 1. The van der Waals surface area contributed by atoms with E-state index in [-0.39, 0.29) is 18.2 Å². The van der Waals surface area contributed by atoms with Gasteiger partial charge in [0.15, 0.2) is 0 Å². The zero-order valence-electron chi connectivity index (χ0n) is 12.3. The first-order chi connectivity index (χ1) is 9.66. The van der Waals surface area contributed by atoms with E-state index >= 15 is 0 Å². The molecule has 2 rings (SSSR count). The summed E-state index contributed by atoms with van der Waals surface area (Å²) in [7, 11) is 0. The number of carboxylic acid groups (broad SMARTS) is 1. The van der Waals surface area contributed by atoms with Gasteiger partial charge in [-0.15, -0.1) is 0 Å². The first-order valence-electron chi connectivity index (χ1n) is 8.16. The number of carbonyl (C=O) groups excluding carboxylic acids is 1. The van der Waals surface area contributed by atoms with Crippen LogP contribution in [-0.2, 0) is 9.59 Å². The van der Waals surface area contributed by atoms with Gasteiger partial charge >= 0.3 is 5.97 Å². The third-order valence-corrected chi connectivity index (χ3v) is 5.03. The quantitative estimate of drug-likeness (QED) is 0.736. The maximum Gasteiger partial charge on any atom is 0.303 e. The second-order valence-corrected chi connectivity index (χ2v) is 6.46. The summed E-state index contributed by atoms with van der Waals surface area (Å²) in [4.78, 5) is 22.5. The fourth-order valence-electron chi connectivity index (χ4n) is 3.87. The molecule has 0 aromatic rings. The zero-order chi connectivity index (χ0) is 14.4. The van der Waals surface area contributed by atoms with Crippen LogP contribution in [0.2, 0.25) is 0 Å². The fourth-order valence-corrected chi connectivity index (χ4v) is 3.87. The minimum absolute atomic E-state index is 0.197. The summed E-state index contributed by atoms with van der Waals surface area (Å²) in [5.41, 5.74) is 0. The Kier molecular flexibility index (Phi) is 5.86. The van der Waals surface area contributed by atoms with Crippen molar-refractivity contribution in [2.24, 2.45) is 17.8 Å². The van der Waals surface area contributed by atoms with Crippen molar-refractivity contribution in [3.8, 4) is 0 Å². The third-order valence-electron chi connectivity index (χ3n) is 5.03. The Morgan fingerprint density at radius 2 is 1.75 bits per heavy atom. The van der Waals surface area contributed by atoms with Crippen molar-refractivity contribution in [2.75, 3.05) is 6.54 Å². The lowest BCUT2D eigenvalue weighted by atomic mass is 9.67. The van der Waals surface area contributed by atoms with E-state index in [0.29, 0.717) is 13.0 Å². The molecule has 0 saturated heterocycles. The molecule has 0 aromatic carbocycles. The molecule has 0 bridgehead atoms. The lowest BCUT2D eigenvalue weighted by Gasteiger charge is -2.38. The number of aliphatic carboxylic acids is 1. The Hall–Kier alpha value is -1.06. The molecule has 2 N–H and O–H groups in total. The Morgan fingerprint density at radius 3 is 2.50 bits per heavy atom. The van der Waals surface area contributed by atoms with Crippen molar-refractivity contribution in [1.29, 1.82) is 0 Å². The summed E-state index contributed by atoms with van der Waals surface area (Å²) in [6, 6.07) is 0. The average Bonchev–Trinajstić information content (AvgIpc) is 2.46. The summed E-state index contributed by atoms with van der Waals surface area (Å²) in [5.74, 6) is 1.30. The van der Waals surface area contributed by atoms with Gasteiger partial charge < -0.3 is 10.4 Å². The van der Waals surface area contributed by atoms with Crippen molar-refractivity contribution < 1.29 is 14.7 Å². The number of unbranched alkanes of at least 4 members (excludes halogenated alkanes) is 1. The Labute approximate surface area is 121 Å². The standard InChI is InChI=1S/C16H27NO3/c18-15(19)7-3-4-10-17-16(20)14-9-8-12-5-1-2-6-13(12)11-14/h12-14H,1-11H2,(H,17,20)(H,18,19). The first kappa shape index (κ1) is 15.3. The molecule has 0 heterocycles. The maximum absolute atomic E-state index is 12.1. The normalized spacial score (nSPS) is 29.5. The van der Waals surface area contributed by atoms with Crippen molar-refractivity contribution >= 4 is 11.9 Å². The molecule has 2 saturated carbocycles. The third kappa shape index (κ3) is 4.50. The second-order valence-electron chi connectivity index (χ2n) is 6.46. The Morgan fingerprint density at radius 1 is 1.00 bits per heavy atom. The SMILES string of the molecule is O=C(O)CCCCNC(=O)C1CCC2CCCCC2C1. The van der Waals surface area contributed by atoms with Crippen LogP contribution in [0.5, 0.6) is 0 Å². The number of nitrogens with one attached hydrogen (secondary N) is 1. The summed E-state index contributed by atoms with van der Waals surface area (Å²) >= 11 is 0. The van der Waals surface area contributed by atoms with Gasteiger partial charge in [-0.25, -0.2) is 0 Å². The summed E-state index contributed by atoms with van der Waals surface area (Å²) in [6.07, 6.45) is 10.3. The topological polar surface area (TPSA) is 66.4 Å².